The number of carbonyl (C=O) groups excluding carboxylic acids is 2. The van der Waals surface area contributed by atoms with Gasteiger partial charge in [-0.25, -0.2) is 0 Å². The topological polar surface area (TPSA) is 135 Å². The Bertz CT molecular complexity index is 1330. The van der Waals surface area contributed by atoms with Crippen LogP contribution < -0.4 is 25.0 Å². The van der Waals surface area contributed by atoms with Gasteiger partial charge in [-0.3, -0.25) is 19.7 Å². The lowest BCUT2D eigenvalue weighted by Crippen LogP contribution is -2.55. The molecule has 4 aliphatic rings. The minimum Gasteiger partial charge on any atom is -0.495 e. The van der Waals surface area contributed by atoms with Crippen LogP contribution in [0, 0.1) is 10.1 Å². The van der Waals surface area contributed by atoms with Gasteiger partial charge in [0, 0.05) is 93.8 Å². The second-order valence-electron chi connectivity index (χ2n) is 11.5. The van der Waals surface area contributed by atoms with Crippen LogP contribution in [0.5, 0.6) is 11.5 Å². The van der Waals surface area contributed by atoms with Crippen molar-refractivity contribution in [2.45, 2.75) is 63.7 Å². The first-order chi connectivity index (χ1) is 20.1. The third kappa shape index (κ3) is 5.62. The average Bonchev–Trinajstić information content (AvgIpc) is 3.41. The van der Waals surface area contributed by atoms with Gasteiger partial charge in [0.1, 0.15) is 5.75 Å². The number of carbonyl (C=O) groups is 2. The number of amides is 2. The molecule has 4 unspecified atom stereocenters. The molecule has 4 fully saturated rings. The van der Waals surface area contributed by atoms with E-state index in [0.717, 1.165) is 63.2 Å². The number of nitro benzene ring substituents is 1. The Labute approximate surface area is 246 Å². The highest BCUT2D eigenvalue weighted by Gasteiger charge is 2.42. The van der Waals surface area contributed by atoms with Crippen molar-refractivity contribution < 1.29 is 24.0 Å². The highest BCUT2D eigenvalue weighted by molar-refractivity contribution is 5.76. The van der Waals surface area contributed by atoms with Gasteiger partial charge in [-0.2, -0.15) is 0 Å². The molecule has 0 aliphatic carbocycles. The summed E-state index contributed by atoms with van der Waals surface area (Å²) >= 11 is 0. The monoisotopic (exact) mass is 580 g/mol. The Kier molecular flexibility index (Phi) is 8.33. The minimum atomic E-state index is -0.444. The van der Waals surface area contributed by atoms with E-state index in [4.69, 9.17) is 15.2 Å². The van der Waals surface area contributed by atoms with Gasteiger partial charge in [0.25, 0.3) is 0 Å². The molecule has 4 heterocycles. The van der Waals surface area contributed by atoms with Crippen molar-refractivity contribution in [2.75, 3.05) is 55.9 Å². The van der Waals surface area contributed by atoms with E-state index in [1.807, 2.05) is 23.1 Å². The maximum Gasteiger partial charge on any atom is 0.311 e. The normalized spacial score (nSPS) is 24.2. The molecule has 6 rings (SSSR count). The first-order valence-corrected chi connectivity index (χ1v) is 14.4. The lowest BCUT2D eigenvalue weighted by molar-refractivity contribution is -0.385. The van der Waals surface area contributed by atoms with Gasteiger partial charge < -0.3 is 34.8 Å². The van der Waals surface area contributed by atoms with E-state index < -0.39 is 4.92 Å². The van der Waals surface area contributed by atoms with Crippen LogP contribution in [0.15, 0.2) is 36.4 Å². The average molecular weight is 581 g/mol. The van der Waals surface area contributed by atoms with Gasteiger partial charge in [0.05, 0.1) is 24.8 Å². The number of piperazine rings is 2. The molecular formula is C30H40N6O6. The maximum absolute atomic E-state index is 11.7. The van der Waals surface area contributed by atoms with Crippen LogP contribution in [0.3, 0.4) is 0 Å². The molecule has 2 N–H and O–H groups in total. The van der Waals surface area contributed by atoms with E-state index >= 15 is 0 Å². The van der Waals surface area contributed by atoms with Gasteiger partial charge in [-0.15, -0.1) is 0 Å². The van der Waals surface area contributed by atoms with E-state index in [2.05, 4.69) is 14.7 Å². The Morgan fingerprint density at radius 3 is 1.55 bits per heavy atom. The molecule has 226 valence electrons. The summed E-state index contributed by atoms with van der Waals surface area (Å²) < 4.78 is 10.4. The third-order valence-corrected chi connectivity index (χ3v) is 9.00. The highest BCUT2D eigenvalue weighted by atomic mass is 16.6. The number of nitro groups is 1. The lowest BCUT2D eigenvalue weighted by Gasteiger charge is -2.41. The number of methoxy groups -OCH3 is 2. The largest absolute Gasteiger partial charge is 0.495 e. The SMILES string of the molecule is COc1cc(N2CC3CCC(C2)N3C(C)=O)ccc1N.COc1cc(N2CC3CCC(C2)N3C(C)=O)ccc1[N+](=O)[O-]. The van der Waals surface area contributed by atoms with Crippen molar-refractivity contribution in [1.29, 1.82) is 0 Å². The number of rotatable bonds is 5. The lowest BCUT2D eigenvalue weighted by atomic mass is 10.1. The predicted molar refractivity (Wildman–Crippen MR) is 160 cm³/mol. The van der Waals surface area contributed by atoms with Crippen molar-refractivity contribution in [3.05, 3.63) is 46.5 Å². The van der Waals surface area contributed by atoms with Gasteiger partial charge in [-0.1, -0.05) is 0 Å². The van der Waals surface area contributed by atoms with Crippen molar-refractivity contribution in [2.24, 2.45) is 0 Å². The molecule has 2 aromatic rings. The molecule has 0 aromatic heterocycles. The Morgan fingerprint density at radius 1 is 0.762 bits per heavy atom. The quantitative estimate of drug-likeness (QED) is 0.321. The van der Waals surface area contributed by atoms with Crippen LogP contribution in [0.4, 0.5) is 22.7 Å². The van der Waals surface area contributed by atoms with Crippen LogP contribution in [-0.2, 0) is 9.59 Å². The van der Waals surface area contributed by atoms with Crippen LogP contribution in [0.25, 0.3) is 0 Å². The summed E-state index contributed by atoms with van der Waals surface area (Å²) in [5.41, 5.74) is 8.51. The Morgan fingerprint density at radius 2 is 1.17 bits per heavy atom. The molecule has 4 atom stereocenters. The van der Waals surface area contributed by atoms with Gasteiger partial charge in [-0.05, 0) is 43.9 Å². The van der Waals surface area contributed by atoms with Crippen molar-refractivity contribution in [3.8, 4) is 11.5 Å². The molecule has 2 aromatic carbocycles. The summed E-state index contributed by atoms with van der Waals surface area (Å²) in [7, 11) is 3.07. The first-order valence-electron chi connectivity index (χ1n) is 14.4. The second kappa shape index (κ2) is 11.9. The van der Waals surface area contributed by atoms with E-state index in [1.54, 1.807) is 33.1 Å². The summed E-state index contributed by atoms with van der Waals surface area (Å²) in [6.07, 6.45) is 4.25. The fraction of sp³-hybridized carbons (Fsp3) is 0.533. The molecule has 0 radical (unpaired) electrons. The number of anilines is 3. The number of ether oxygens (including phenoxy) is 2. The van der Waals surface area contributed by atoms with Crippen LogP contribution in [0.2, 0.25) is 0 Å². The van der Waals surface area contributed by atoms with Crippen molar-refractivity contribution >= 4 is 34.6 Å². The van der Waals surface area contributed by atoms with Crippen molar-refractivity contribution in [1.82, 2.24) is 9.80 Å². The van der Waals surface area contributed by atoms with E-state index in [0.29, 0.717) is 23.5 Å². The molecule has 0 saturated carbocycles. The van der Waals surface area contributed by atoms with E-state index in [9.17, 15) is 19.7 Å². The number of hydrogen-bond acceptors (Lipinski definition) is 9. The first kappa shape index (κ1) is 29.3. The number of fused-ring (bicyclic) bond motifs is 4. The van der Waals surface area contributed by atoms with E-state index in [-0.39, 0.29) is 35.3 Å². The second-order valence-corrected chi connectivity index (χ2v) is 11.5. The summed E-state index contributed by atoms with van der Waals surface area (Å²) in [5.74, 6) is 1.31. The molecule has 0 spiro atoms. The number of nitrogen functional groups attached to an aromatic ring is 1. The highest BCUT2D eigenvalue weighted by Crippen LogP contribution is 2.37. The third-order valence-electron chi connectivity index (χ3n) is 9.00. The van der Waals surface area contributed by atoms with Gasteiger partial charge >= 0.3 is 5.69 Å². The fourth-order valence-corrected chi connectivity index (χ4v) is 7.17. The number of hydrogen-bond donors (Lipinski definition) is 1. The standard InChI is InChI=1S/C15H19N3O4.C15H21N3O2/c1-10(19)17-12-3-4-13(17)9-16(8-12)11-5-6-14(18(20)21)15(7-11)22-2;1-10(19)18-12-3-4-13(18)9-17(8-12)11-5-6-14(16)15(7-11)20-2/h5-7,12-13H,3-4,8-9H2,1-2H3;5-7,12-13H,3-4,8-9,16H2,1-2H3. The fourth-order valence-electron chi connectivity index (χ4n) is 7.17. The molecule has 4 bridgehead atoms. The molecule has 12 nitrogen and oxygen atoms in total. The smallest absolute Gasteiger partial charge is 0.311 e. The molecule has 42 heavy (non-hydrogen) atoms. The van der Waals surface area contributed by atoms with Gasteiger partial charge in [0.15, 0.2) is 5.75 Å². The van der Waals surface area contributed by atoms with Crippen LogP contribution >= 0.6 is 0 Å². The number of nitrogens with zero attached hydrogens (tertiary/aromatic N) is 5. The van der Waals surface area contributed by atoms with Crippen molar-refractivity contribution in [3.63, 3.8) is 0 Å². The Balaban J connectivity index is 0.000000169. The molecule has 12 heteroatoms. The van der Waals surface area contributed by atoms with E-state index in [1.165, 1.54) is 13.2 Å². The number of nitrogens with two attached hydrogens (primary N) is 1. The molecule has 4 saturated heterocycles. The minimum absolute atomic E-state index is 0.0309. The molecule has 4 aliphatic heterocycles. The maximum atomic E-state index is 11.7. The summed E-state index contributed by atoms with van der Waals surface area (Å²) in [4.78, 5) is 42.5. The molecule has 2 amide bonds. The zero-order valence-corrected chi connectivity index (χ0v) is 24.7. The summed E-state index contributed by atoms with van der Waals surface area (Å²) in [6.45, 7) is 6.60. The van der Waals surface area contributed by atoms with Crippen LogP contribution in [0.1, 0.15) is 39.5 Å². The van der Waals surface area contributed by atoms with Crippen LogP contribution in [-0.4, -0.2) is 91.1 Å². The van der Waals surface area contributed by atoms with Gasteiger partial charge in [0.2, 0.25) is 11.8 Å². The summed E-state index contributed by atoms with van der Waals surface area (Å²) in [6, 6.07) is 12.0. The predicted octanol–water partition coefficient (Wildman–Crippen LogP) is 3.28. The molecular weight excluding hydrogens is 540 g/mol. The number of benzene rings is 2. The summed E-state index contributed by atoms with van der Waals surface area (Å²) in [5, 5.41) is 11.0. The Hall–Kier alpha value is -4.22. The zero-order valence-electron chi connectivity index (χ0n) is 24.7. The zero-order chi connectivity index (χ0) is 30.1.